The van der Waals surface area contributed by atoms with Gasteiger partial charge in [0.2, 0.25) is 0 Å². The van der Waals surface area contributed by atoms with Crippen molar-refractivity contribution in [2.45, 2.75) is 0 Å². The number of nitriles is 1. The molecule has 0 spiro atoms. The van der Waals surface area contributed by atoms with Crippen LogP contribution in [-0.4, -0.2) is 0 Å². The Morgan fingerprint density at radius 2 is 1.82 bits per heavy atom. The number of halogens is 2. The zero-order valence-electron chi connectivity index (χ0n) is 5.72. The number of nitrogens with zero attached hydrogens (tertiary/aromatic N) is 1. The van der Waals surface area contributed by atoms with E-state index in [0.29, 0.717) is 5.56 Å². The summed E-state index contributed by atoms with van der Waals surface area (Å²) in [5.41, 5.74) is 0.684. The Labute approximate surface area is 81.6 Å². The first-order valence-corrected chi connectivity index (χ1v) is 10.6. The molecule has 0 amide bonds. The number of rotatable bonds is 0. The van der Waals surface area contributed by atoms with E-state index in [0.717, 1.165) is 0 Å². The molecule has 0 aromatic heterocycles. The average Bonchev–Trinajstić information content (AvgIpc) is 2.08. The van der Waals surface area contributed by atoms with Crippen LogP contribution in [0.4, 0.5) is 0 Å². The van der Waals surface area contributed by atoms with E-state index in [9.17, 15) is 0 Å². The van der Waals surface area contributed by atoms with Crippen LogP contribution < -0.4 is 0 Å². The van der Waals surface area contributed by atoms with Crippen LogP contribution in [0.3, 0.4) is 0 Å². The zero-order chi connectivity index (χ0) is 8.53. The molecule has 0 atom stereocenters. The molecule has 0 saturated heterocycles. The molecule has 0 N–H and O–H groups in total. The fraction of sp³-hybridized carbons (Fsp3) is 0. The molecule has 1 aromatic carbocycles. The molecule has 0 aliphatic carbocycles. The van der Waals surface area contributed by atoms with Crippen LogP contribution >= 0.6 is 19.4 Å². The van der Waals surface area contributed by atoms with Crippen molar-refractivity contribution in [2.24, 2.45) is 0 Å². The average molecular weight is 238 g/mol. The van der Waals surface area contributed by atoms with Crippen molar-refractivity contribution in [3.8, 4) is 6.07 Å². The van der Waals surface area contributed by atoms with Gasteiger partial charge >= 0.3 is 34.5 Å². The molecule has 1 aromatic rings. The van der Waals surface area contributed by atoms with Crippen LogP contribution in [0.5, 0.6) is 0 Å². The van der Waals surface area contributed by atoms with Gasteiger partial charge in [-0.25, -0.2) is 0 Å². The predicted octanol–water partition coefficient (Wildman–Crippen LogP) is 2.73. The third-order valence-electron chi connectivity index (χ3n) is 0.847. The number of benzene rings is 1. The van der Waals surface area contributed by atoms with E-state index in [2.05, 4.69) is 6.07 Å². The summed E-state index contributed by atoms with van der Waals surface area (Å²) in [6.07, 6.45) is 0. The maximum atomic E-state index is 8.27. The molecule has 11 heavy (non-hydrogen) atoms. The third kappa shape index (κ3) is 6.32. The summed E-state index contributed by atoms with van der Waals surface area (Å²) < 4.78 is 0. The van der Waals surface area contributed by atoms with Crippen LogP contribution in [0.1, 0.15) is 5.56 Å². The molecule has 1 nitrogen and oxygen atoms in total. The molecule has 53 valence electrons. The topological polar surface area (TPSA) is 23.8 Å². The van der Waals surface area contributed by atoms with E-state index in [1.807, 2.05) is 6.07 Å². The summed E-state index contributed by atoms with van der Waals surface area (Å²) in [5, 5.41) is 8.27. The van der Waals surface area contributed by atoms with Gasteiger partial charge < -0.3 is 0 Å². The molecule has 1 rings (SSSR count). The third-order valence-corrected chi connectivity index (χ3v) is 0.847. The fourth-order valence-corrected chi connectivity index (χ4v) is 0.461. The van der Waals surface area contributed by atoms with Crippen molar-refractivity contribution < 1.29 is 15.1 Å². The van der Waals surface area contributed by atoms with E-state index in [1.165, 1.54) is 0 Å². The van der Waals surface area contributed by atoms with Gasteiger partial charge in [-0.1, -0.05) is 12.1 Å². The van der Waals surface area contributed by atoms with Gasteiger partial charge in [-0.15, -0.1) is 0 Å². The van der Waals surface area contributed by atoms with Crippen LogP contribution in [0.25, 0.3) is 0 Å². The fourth-order valence-electron chi connectivity index (χ4n) is 0.461. The van der Waals surface area contributed by atoms with Crippen LogP contribution in [0.2, 0.25) is 0 Å². The maximum absolute atomic E-state index is 8.27. The second-order valence-corrected chi connectivity index (χ2v) is 6.12. The molecule has 0 heterocycles. The van der Waals surface area contributed by atoms with Crippen LogP contribution in [-0.2, 0) is 15.1 Å². The molecule has 0 unspecified atom stereocenters. The summed E-state index contributed by atoms with van der Waals surface area (Å²) in [4.78, 5) is 0. The quantitative estimate of drug-likeness (QED) is 0.638. The zero-order valence-corrected chi connectivity index (χ0v) is 10.2. The second kappa shape index (κ2) is 8.01. The van der Waals surface area contributed by atoms with Gasteiger partial charge in [-0.3, -0.25) is 0 Å². The molecular formula is C7H4Cl2NZn. The van der Waals surface area contributed by atoms with E-state index in [1.54, 1.807) is 24.3 Å². The molecular weight excluding hydrogens is 234 g/mol. The predicted molar refractivity (Wildman–Crippen MR) is 41.7 cm³/mol. The van der Waals surface area contributed by atoms with Gasteiger partial charge in [-0.2, -0.15) is 5.26 Å². The molecule has 1 radical (unpaired) electrons. The summed E-state index contributed by atoms with van der Waals surface area (Å²) in [5.74, 6) is 0. The Hall–Kier alpha value is -0.0866. The van der Waals surface area contributed by atoms with Crippen molar-refractivity contribution in [2.75, 3.05) is 0 Å². The Kier molecular flexibility index (Phi) is 7.95. The van der Waals surface area contributed by atoms with Crippen LogP contribution in [0.15, 0.2) is 24.3 Å². The second-order valence-electron chi connectivity index (χ2n) is 1.50. The van der Waals surface area contributed by atoms with E-state index < -0.39 is 15.1 Å². The summed E-state index contributed by atoms with van der Waals surface area (Å²) in [7, 11) is 9.90. The Balaban J connectivity index is 0.000000292. The van der Waals surface area contributed by atoms with Crippen molar-refractivity contribution in [3.63, 3.8) is 0 Å². The summed E-state index contributed by atoms with van der Waals surface area (Å²) >= 11 is -0.931. The molecule has 0 fully saturated rings. The molecule has 0 saturated carbocycles. The van der Waals surface area contributed by atoms with Gasteiger partial charge in [0.15, 0.2) is 0 Å². The van der Waals surface area contributed by atoms with Gasteiger partial charge in [0.25, 0.3) is 0 Å². The van der Waals surface area contributed by atoms with Gasteiger partial charge in [0.1, 0.15) is 0 Å². The molecule has 0 bridgehead atoms. The van der Waals surface area contributed by atoms with Crippen molar-refractivity contribution in [1.82, 2.24) is 0 Å². The number of hydrogen-bond donors (Lipinski definition) is 0. The Bertz CT molecular complexity index is 220. The first kappa shape index (κ1) is 10.9. The minimum atomic E-state index is -0.931. The Morgan fingerprint density at radius 3 is 2.09 bits per heavy atom. The van der Waals surface area contributed by atoms with Gasteiger partial charge in [0.05, 0.1) is 11.6 Å². The molecule has 0 aliphatic heterocycles. The van der Waals surface area contributed by atoms with Gasteiger partial charge in [0, 0.05) is 0 Å². The first-order valence-electron chi connectivity index (χ1n) is 2.83. The standard InChI is InChI=1S/C7H4N.2ClH.Zn/c8-6-7-4-2-1-3-5-7;;;/h2-5H;2*1H;/q;;;+2/p-2. The van der Waals surface area contributed by atoms with E-state index >= 15 is 0 Å². The number of hydrogen-bond acceptors (Lipinski definition) is 1. The monoisotopic (exact) mass is 236 g/mol. The summed E-state index contributed by atoms with van der Waals surface area (Å²) in [6, 6.07) is 11.7. The molecule has 0 aliphatic rings. The first-order chi connectivity index (χ1) is 5.35. The molecule has 4 heteroatoms. The van der Waals surface area contributed by atoms with E-state index in [4.69, 9.17) is 24.6 Å². The van der Waals surface area contributed by atoms with E-state index in [-0.39, 0.29) is 0 Å². The van der Waals surface area contributed by atoms with Crippen molar-refractivity contribution >= 4 is 19.4 Å². The summed E-state index contributed by atoms with van der Waals surface area (Å²) in [6.45, 7) is 0. The minimum absolute atomic E-state index is 0.684. The van der Waals surface area contributed by atoms with Crippen LogP contribution in [0, 0.1) is 17.4 Å². The van der Waals surface area contributed by atoms with Crippen molar-refractivity contribution in [1.29, 1.82) is 5.26 Å². The normalized spacial score (nSPS) is 6.64. The van der Waals surface area contributed by atoms with Crippen molar-refractivity contribution in [3.05, 3.63) is 35.9 Å². The SMILES string of the molecule is N#Cc1cc[c]cc1.[Cl][Zn][Cl]. The van der Waals surface area contributed by atoms with Gasteiger partial charge in [-0.05, 0) is 18.2 Å². The Morgan fingerprint density at radius 1 is 1.36 bits per heavy atom.